The number of nitrogens with one attached hydrogen (secondary N) is 1. The molecule has 0 atom stereocenters. The molecule has 3 aromatic rings. The monoisotopic (exact) mass is 431 g/mol. The lowest BCUT2D eigenvalue weighted by Gasteiger charge is -2.30. The number of piperidine rings is 1. The number of aromatic nitrogens is 2. The van der Waals surface area contributed by atoms with Gasteiger partial charge in [-0.15, -0.1) is 0 Å². The quantitative estimate of drug-likeness (QED) is 0.618. The Morgan fingerprint density at radius 3 is 2.79 bits per heavy atom. The number of halogens is 2. The molecule has 0 bridgehead atoms. The molecule has 6 nitrogen and oxygen atoms in total. The molecule has 1 amide bonds. The molecular formula is C20H19ClFN5OS. The molecule has 1 aliphatic rings. The van der Waals surface area contributed by atoms with Crippen molar-refractivity contribution in [2.75, 3.05) is 29.0 Å². The van der Waals surface area contributed by atoms with Gasteiger partial charge in [0.15, 0.2) is 5.69 Å². The molecule has 0 spiro atoms. The Morgan fingerprint density at radius 1 is 1.24 bits per heavy atom. The molecule has 0 unspecified atom stereocenters. The first-order chi connectivity index (χ1) is 14.0. The second-order valence-electron chi connectivity index (χ2n) is 6.72. The van der Waals surface area contributed by atoms with Crippen LogP contribution in [0.5, 0.6) is 0 Å². The summed E-state index contributed by atoms with van der Waals surface area (Å²) in [5, 5.41) is 3.52. The summed E-state index contributed by atoms with van der Waals surface area (Å²) in [6.45, 7) is 1.86. The van der Waals surface area contributed by atoms with E-state index in [1.54, 1.807) is 18.5 Å². The fraction of sp³-hybridized carbons (Fsp3) is 0.250. The SMILES string of the molecule is Nc1sc(-c2c(F)cccc2Cl)nc1C(=O)Nc1cnccc1N1CCCCC1. The standard InChI is InChI=1S/C20H19ClFN5OS/c21-12-5-4-6-13(22)16(12)20-26-17(18(23)29-20)19(28)25-14-11-24-8-7-15(14)27-9-2-1-3-10-27/h4-8,11H,1-3,9-10,23H2,(H,25,28). The van der Waals surface area contributed by atoms with Crippen LogP contribution in [0.25, 0.3) is 10.6 Å². The number of carbonyl (C=O) groups excluding carboxylic acids is 1. The molecular weight excluding hydrogens is 413 g/mol. The summed E-state index contributed by atoms with van der Waals surface area (Å²) in [6, 6.07) is 6.25. The van der Waals surface area contributed by atoms with Crippen LogP contribution in [-0.2, 0) is 0 Å². The average Bonchev–Trinajstić information content (AvgIpc) is 3.10. The highest BCUT2D eigenvalue weighted by molar-refractivity contribution is 7.19. The van der Waals surface area contributed by atoms with Crippen molar-refractivity contribution in [2.24, 2.45) is 0 Å². The van der Waals surface area contributed by atoms with Crippen molar-refractivity contribution < 1.29 is 9.18 Å². The number of carbonyl (C=O) groups is 1. The Balaban J connectivity index is 1.61. The lowest BCUT2D eigenvalue weighted by atomic mass is 10.1. The zero-order valence-corrected chi connectivity index (χ0v) is 17.1. The van der Waals surface area contributed by atoms with E-state index in [2.05, 4.69) is 20.2 Å². The number of nitrogen functional groups attached to an aromatic ring is 1. The Morgan fingerprint density at radius 2 is 2.03 bits per heavy atom. The molecule has 3 N–H and O–H groups in total. The van der Waals surface area contributed by atoms with Gasteiger partial charge in [0.2, 0.25) is 0 Å². The minimum absolute atomic E-state index is 0.0396. The molecule has 1 fully saturated rings. The van der Waals surface area contributed by atoms with Crippen molar-refractivity contribution >= 4 is 45.2 Å². The van der Waals surface area contributed by atoms with E-state index in [4.69, 9.17) is 17.3 Å². The van der Waals surface area contributed by atoms with Gasteiger partial charge in [0, 0.05) is 19.3 Å². The lowest BCUT2D eigenvalue weighted by molar-refractivity contribution is 0.102. The Hall–Kier alpha value is -2.71. The fourth-order valence-corrected chi connectivity index (χ4v) is 4.58. The number of rotatable bonds is 4. The number of pyridine rings is 1. The topological polar surface area (TPSA) is 84.1 Å². The maximum atomic E-state index is 14.2. The van der Waals surface area contributed by atoms with Crippen LogP contribution in [0.4, 0.5) is 20.8 Å². The summed E-state index contributed by atoms with van der Waals surface area (Å²) in [4.78, 5) is 23.5. The summed E-state index contributed by atoms with van der Waals surface area (Å²) in [7, 11) is 0. The van der Waals surface area contributed by atoms with Crippen LogP contribution >= 0.6 is 22.9 Å². The molecule has 3 heterocycles. The van der Waals surface area contributed by atoms with E-state index in [9.17, 15) is 9.18 Å². The molecule has 29 heavy (non-hydrogen) atoms. The normalized spacial score (nSPS) is 14.1. The van der Waals surface area contributed by atoms with E-state index in [0.717, 1.165) is 43.0 Å². The van der Waals surface area contributed by atoms with Gasteiger partial charge in [-0.05, 0) is 37.5 Å². The summed E-state index contributed by atoms with van der Waals surface area (Å²) < 4.78 is 14.2. The maximum absolute atomic E-state index is 14.2. The van der Waals surface area contributed by atoms with E-state index < -0.39 is 11.7 Å². The molecule has 1 aromatic carbocycles. The number of amides is 1. The Kier molecular flexibility index (Phi) is 5.64. The van der Waals surface area contributed by atoms with Crippen LogP contribution in [-0.4, -0.2) is 29.0 Å². The second-order valence-corrected chi connectivity index (χ2v) is 8.16. The maximum Gasteiger partial charge on any atom is 0.277 e. The van der Waals surface area contributed by atoms with Crippen molar-refractivity contribution in [3.05, 3.63) is 53.2 Å². The predicted molar refractivity (Wildman–Crippen MR) is 115 cm³/mol. The minimum atomic E-state index is -0.516. The number of hydrogen-bond donors (Lipinski definition) is 2. The van der Waals surface area contributed by atoms with Gasteiger partial charge in [-0.25, -0.2) is 9.37 Å². The number of nitrogens with zero attached hydrogens (tertiary/aromatic N) is 3. The average molecular weight is 432 g/mol. The summed E-state index contributed by atoms with van der Waals surface area (Å²) >= 11 is 7.14. The van der Waals surface area contributed by atoms with Crippen molar-refractivity contribution in [3.8, 4) is 10.6 Å². The third kappa shape index (κ3) is 4.04. The van der Waals surface area contributed by atoms with Gasteiger partial charge in [0.1, 0.15) is 15.8 Å². The molecule has 0 aliphatic carbocycles. The summed E-state index contributed by atoms with van der Waals surface area (Å²) in [5.74, 6) is -0.985. The molecule has 0 saturated carbocycles. The predicted octanol–water partition coefficient (Wildman–Crippen LogP) is 4.82. The third-order valence-electron chi connectivity index (χ3n) is 4.79. The van der Waals surface area contributed by atoms with Gasteiger partial charge < -0.3 is 16.0 Å². The van der Waals surface area contributed by atoms with Gasteiger partial charge in [-0.1, -0.05) is 29.0 Å². The smallest absolute Gasteiger partial charge is 0.277 e. The Labute approximate surface area is 176 Å². The van der Waals surface area contributed by atoms with Crippen molar-refractivity contribution in [1.29, 1.82) is 0 Å². The first-order valence-corrected chi connectivity index (χ1v) is 10.4. The number of hydrogen-bond acceptors (Lipinski definition) is 6. The van der Waals surface area contributed by atoms with E-state index in [0.29, 0.717) is 5.69 Å². The number of benzene rings is 1. The van der Waals surface area contributed by atoms with Crippen molar-refractivity contribution in [2.45, 2.75) is 19.3 Å². The van der Waals surface area contributed by atoms with Crippen LogP contribution in [0.15, 0.2) is 36.7 Å². The molecule has 1 aliphatic heterocycles. The van der Waals surface area contributed by atoms with Crippen LogP contribution < -0.4 is 16.0 Å². The first kappa shape index (κ1) is 19.6. The molecule has 1 saturated heterocycles. The van der Waals surface area contributed by atoms with Crippen LogP contribution in [0.3, 0.4) is 0 Å². The van der Waals surface area contributed by atoms with Crippen LogP contribution in [0.1, 0.15) is 29.8 Å². The zero-order chi connectivity index (χ0) is 20.4. The van der Waals surface area contributed by atoms with Crippen LogP contribution in [0.2, 0.25) is 5.02 Å². The summed E-state index contributed by atoms with van der Waals surface area (Å²) in [5.41, 5.74) is 7.71. The Bertz CT molecular complexity index is 1030. The molecule has 2 aromatic heterocycles. The first-order valence-electron chi connectivity index (χ1n) is 9.25. The van der Waals surface area contributed by atoms with Gasteiger partial charge in [-0.2, -0.15) is 0 Å². The van der Waals surface area contributed by atoms with Crippen LogP contribution in [0, 0.1) is 5.82 Å². The van der Waals surface area contributed by atoms with Gasteiger partial charge in [-0.3, -0.25) is 9.78 Å². The van der Waals surface area contributed by atoms with E-state index in [1.165, 1.54) is 18.6 Å². The number of anilines is 3. The van der Waals surface area contributed by atoms with Gasteiger partial charge in [0.25, 0.3) is 5.91 Å². The second kappa shape index (κ2) is 8.34. The van der Waals surface area contributed by atoms with E-state index in [1.807, 2.05) is 6.07 Å². The summed E-state index contributed by atoms with van der Waals surface area (Å²) in [6.07, 6.45) is 6.75. The van der Waals surface area contributed by atoms with E-state index >= 15 is 0 Å². The molecule has 150 valence electrons. The lowest BCUT2D eigenvalue weighted by Crippen LogP contribution is -2.30. The highest BCUT2D eigenvalue weighted by Crippen LogP contribution is 2.36. The minimum Gasteiger partial charge on any atom is -0.389 e. The number of thiazole rings is 1. The fourth-order valence-electron chi connectivity index (χ4n) is 3.38. The third-order valence-corrected chi connectivity index (χ3v) is 6.01. The van der Waals surface area contributed by atoms with Crippen molar-refractivity contribution in [1.82, 2.24) is 9.97 Å². The molecule has 9 heteroatoms. The largest absolute Gasteiger partial charge is 0.389 e. The van der Waals surface area contributed by atoms with Gasteiger partial charge >= 0.3 is 0 Å². The molecule has 0 radical (unpaired) electrons. The zero-order valence-electron chi connectivity index (χ0n) is 15.5. The van der Waals surface area contributed by atoms with E-state index in [-0.39, 0.29) is 26.3 Å². The number of nitrogens with two attached hydrogens (primary N) is 1. The molecule has 4 rings (SSSR count). The van der Waals surface area contributed by atoms with Gasteiger partial charge in [0.05, 0.1) is 28.2 Å². The highest BCUT2D eigenvalue weighted by atomic mass is 35.5. The highest BCUT2D eigenvalue weighted by Gasteiger charge is 2.22. The van der Waals surface area contributed by atoms with Crippen molar-refractivity contribution in [3.63, 3.8) is 0 Å².